The fourth-order valence-corrected chi connectivity index (χ4v) is 2.90. The van der Waals surface area contributed by atoms with E-state index in [0.29, 0.717) is 21.0 Å². The first-order chi connectivity index (χ1) is 11.3. The van der Waals surface area contributed by atoms with Gasteiger partial charge in [-0.1, -0.05) is 23.2 Å². The number of hydrogen-bond acceptors (Lipinski definition) is 3. The van der Waals surface area contributed by atoms with E-state index in [0.717, 1.165) is 16.7 Å². The maximum atomic E-state index is 12.2. The van der Waals surface area contributed by atoms with Gasteiger partial charge >= 0.3 is 0 Å². The first kappa shape index (κ1) is 16.6. The monoisotopic (exact) mass is 360 g/mol. The van der Waals surface area contributed by atoms with Gasteiger partial charge in [0.05, 0.1) is 15.9 Å². The molecule has 1 heterocycles. The number of phenolic OH excluding ortho intramolecular Hbond substituents is 1. The zero-order valence-electron chi connectivity index (χ0n) is 13.0. The number of aromatic amines is 1. The number of aryl methyl sites for hydroxylation is 2. The van der Waals surface area contributed by atoms with Gasteiger partial charge in [0.25, 0.3) is 5.56 Å². The number of rotatable bonds is 2. The zero-order valence-corrected chi connectivity index (χ0v) is 14.5. The molecule has 0 amide bonds. The van der Waals surface area contributed by atoms with Crippen LogP contribution in [0.15, 0.2) is 35.1 Å². The van der Waals surface area contributed by atoms with Crippen molar-refractivity contribution in [3.8, 4) is 5.75 Å². The van der Waals surface area contributed by atoms with E-state index in [4.69, 9.17) is 23.2 Å². The number of halogens is 2. The van der Waals surface area contributed by atoms with Gasteiger partial charge in [-0.2, -0.15) is 0 Å². The smallest absolute Gasteiger partial charge is 0.259 e. The average molecular weight is 361 g/mol. The summed E-state index contributed by atoms with van der Waals surface area (Å²) in [6, 6.07) is 8.53. The summed E-state index contributed by atoms with van der Waals surface area (Å²) in [5.41, 5.74) is 2.53. The van der Waals surface area contributed by atoms with Crippen molar-refractivity contribution < 1.29 is 5.11 Å². The Morgan fingerprint density at radius 2 is 1.88 bits per heavy atom. The molecule has 0 radical (unpaired) electrons. The van der Waals surface area contributed by atoms with Crippen molar-refractivity contribution in [1.29, 1.82) is 0 Å². The fourth-order valence-electron chi connectivity index (χ4n) is 2.51. The molecule has 122 valence electrons. The quantitative estimate of drug-likeness (QED) is 0.699. The van der Waals surface area contributed by atoms with Gasteiger partial charge < -0.3 is 10.1 Å². The topological polar surface area (TPSA) is 66.0 Å². The predicted octanol–water partition coefficient (Wildman–Crippen LogP) is 4.64. The predicted molar refractivity (Wildman–Crippen MR) is 98.7 cm³/mol. The van der Waals surface area contributed by atoms with Gasteiger partial charge in [0, 0.05) is 5.02 Å². The average Bonchev–Trinajstić information content (AvgIpc) is 2.53. The highest BCUT2D eigenvalue weighted by atomic mass is 35.5. The standard InChI is InChI=1S/C18H14Cl2N2O2/c1-9-5-11(6-10(2)16(9)23)7-14(20)17-21-15-4-3-12(19)8-13(15)18(24)22-17/h3-8,23H,1-2H3,(H,21,22,24)/b14-7-. The number of benzene rings is 2. The summed E-state index contributed by atoms with van der Waals surface area (Å²) in [6.45, 7) is 3.63. The lowest BCUT2D eigenvalue weighted by Crippen LogP contribution is -2.10. The molecule has 0 aliphatic carbocycles. The highest BCUT2D eigenvalue weighted by molar-refractivity contribution is 6.50. The lowest BCUT2D eigenvalue weighted by Gasteiger charge is -2.06. The number of H-pyrrole nitrogens is 1. The van der Waals surface area contributed by atoms with E-state index >= 15 is 0 Å². The Bertz CT molecular complexity index is 1020. The Kier molecular flexibility index (Phi) is 4.35. The molecule has 0 bridgehead atoms. The van der Waals surface area contributed by atoms with E-state index in [9.17, 15) is 9.90 Å². The van der Waals surface area contributed by atoms with Crippen LogP contribution in [0.4, 0.5) is 0 Å². The second-order valence-electron chi connectivity index (χ2n) is 5.57. The van der Waals surface area contributed by atoms with Crippen LogP contribution < -0.4 is 5.56 Å². The van der Waals surface area contributed by atoms with Gasteiger partial charge in [-0.15, -0.1) is 0 Å². The molecule has 0 atom stereocenters. The van der Waals surface area contributed by atoms with Crippen LogP contribution in [-0.4, -0.2) is 15.1 Å². The third kappa shape index (κ3) is 3.16. The Labute approximate surface area is 148 Å². The van der Waals surface area contributed by atoms with Crippen molar-refractivity contribution >= 4 is 45.2 Å². The molecule has 0 aliphatic heterocycles. The molecule has 24 heavy (non-hydrogen) atoms. The van der Waals surface area contributed by atoms with E-state index < -0.39 is 0 Å². The molecule has 0 aliphatic rings. The van der Waals surface area contributed by atoms with Crippen molar-refractivity contribution in [3.05, 3.63) is 68.2 Å². The SMILES string of the molecule is Cc1cc(/C=C(\Cl)c2nc3ccc(Cl)cc3c(=O)[nH]2)cc(C)c1O. The summed E-state index contributed by atoms with van der Waals surface area (Å²) in [6.07, 6.45) is 1.70. The molecule has 0 unspecified atom stereocenters. The van der Waals surface area contributed by atoms with Crippen LogP contribution in [-0.2, 0) is 0 Å². The summed E-state index contributed by atoms with van der Waals surface area (Å²) >= 11 is 12.2. The van der Waals surface area contributed by atoms with Crippen LogP contribution in [0.2, 0.25) is 5.02 Å². The van der Waals surface area contributed by atoms with E-state index in [1.165, 1.54) is 0 Å². The summed E-state index contributed by atoms with van der Waals surface area (Å²) in [4.78, 5) is 19.2. The van der Waals surface area contributed by atoms with Gasteiger partial charge in [0.2, 0.25) is 0 Å². The number of aromatic hydroxyl groups is 1. The molecule has 3 aromatic rings. The molecule has 6 heteroatoms. The number of hydrogen-bond donors (Lipinski definition) is 2. The minimum atomic E-state index is -0.304. The molecular weight excluding hydrogens is 347 g/mol. The molecular formula is C18H14Cl2N2O2. The Morgan fingerprint density at radius 1 is 1.21 bits per heavy atom. The van der Waals surface area contributed by atoms with Gasteiger partial charge in [-0.25, -0.2) is 4.98 Å². The third-order valence-electron chi connectivity index (χ3n) is 3.70. The highest BCUT2D eigenvalue weighted by Gasteiger charge is 2.08. The van der Waals surface area contributed by atoms with Gasteiger partial charge in [0.1, 0.15) is 5.75 Å². The molecule has 1 aromatic heterocycles. The molecule has 0 spiro atoms. The van der Waals surface area contributed by atoms with Crippen molar-refractivity contribution in [3.63, 3.8) is 0 Å². The van der Waals surface area contributed by atoms with Crippen LogP contribution in [0.3, 0.4) is 0 Å². The van der Waals surface area contributed by atoms with Crippen LogP contribution >= 0.6 is 23.2 Å². The zero-order chi connectivity index (χ0) is 17.4. The molecule has 0 saturated carbocycles. The molecule has 0 saturated heterocycles. The Balaban J connectivity index is 2.10. The van der Waals surface area contributed by atoms with Gasteiger partial charge in [0.15, 0.2) is 5.82 Å². The van der Waals surface area contributed by atoms with Crippen LogP contribution in [0, 0.1) is 13.8 Å². The molecule has 2 aromatic carbocycles. The third-order valence-corrected chi connectivity index (χ3v) is 4.22. The van der Waals surface area contributed by atoms with Crippen molar-refractivity contribution in [2.75, 3.05) is 0 Å². The number of phenols is 1. The second kappa shape index (κ2) is 6.30. The van der Waals surface area contributed by atoms with E-state index in [1.807, 2.05) is 26.0 Å². The van der Waals surface area contributed by atoms with E-state index in [1.54, 1.807) is 24.3 Å². The van der Waals surface area contributed by atoms with Crippen molar-refractivity contribution in [2.24, 2.45) is 0 Å². The largest absolute Gasteiger partial charge is 0.507 e. The summed E-state index contributed by atoms with van der Waals surface area (Å²) in [5.74, 6) is 0.539. The van der Waals surface area contributed by atoms with Gasteiger partial charge in [-0.3, -0.25) is 4.79 Å². The van der Waals surface area contributed by atoms with E-state index in [-0.39, 0.29) is 17.1 Å². The number of nitrogens with zero attached hydrogens (tertiary/aromatic N) is 1. The summed E-state index contributed by atoms with van der Waals surface area (Å²) < 4.78 is 0. The molecule has 4 nitrogen and oxygen atoms in total. The lowest BCUT2D eigenvalue weighted by atomic mass is 10.1. The molecule has 0 fully saturated rings. The fraction of sp³-hybridized carbons (Fsp3) is 0.111. The van der Waals surface area contributed by atoms with Crippen molar-refractivity contribution in [2.45, 2.75) is 13.8 Å². The lowest BCUT2D eigenvalue weighted by molar-refractivity contribution is 0.467. The maximum absolute atomic E-state index is 12.2. The first-order valence-corrected chi connectivity index (χ1v) is 7.98. The Hall–Kier alpha value is -2.30. The minimum absolute atomic E-state index is 0.261. The minimum Gasteiger partial charge on any atom is -0.507 e. The van der Waals surface area contributed by atoms with E-state index in [2.05, 4.69) is 9.97 Å². The normalized spacial score (nSPS) is 11.9. The van der Waals surface area contributed by atoms with Crippen LogP contribution in [0.1, 0.15) is 22.5 Å². The molecule has 2 N–H and O–H groups in total. The van der Waals surface area contributed by atoms with Crippen LogP contribution in [0.5, 0.6) is 5.75 Å². The van der Waals surface area contributed by atoms with Crippen LogP contribution in [0.25, 0.3) is 22.0 Å². The molecule has 3 rings (SSSR count). The van der Waals surface area contributed by atoms with Gasteiger partial charge in [-0.05, 0) is 66.9 Å². The summed E-state index contributed by atoms with van der Waals surface area (Å²) in [7, 11) is 0. The first-order valence-electron chi connectivity index (χ1n) is 7.22. The maximum Gasteiger partial charge on any atom is 0.259 e. The summed E-state index contributed by atoms with van der Waals surface area (Å²) in [5, 5.41) is 11.0. The second-order valence-corrected chi connectivity index (χ2v) is 6.42. The number of aromatic nitrogens is 2. The number of fused-ring (bicyclic) bond motifs is 1. The van der Waals surface area contributed by atoms with Crippen molar-refractivity contribution in [1.82, 2.24) is 9.97 Å². The highest BCUT2D eigenvalue weighted by Crippen LogP contribution is 2.26. The number of nitrogens with one attached hydrogen (secondary N) is 1. The Morgan fingerprint density at radius 3 is 2.54 bits per heavy atom.